The van der Waals surface area contributed by atoms with Gasteiger partial charge in [-0.15, -0.1) is 0 Å². The van der Waals surface area contributed by atoms with Gasteiger partial charge in [-0.25, -0.2) is 0 Å². The predicted octanol–water partition coefficient (Wildman–Crippen LogP) is 2.69. The summed E-state index contributed by atoms with van der Waals surface area (Å²) >= 11 is 0. The lowest BCUT2D eigenvalue weighted by atomic mass is 10.1. The number of carbonyl (C=O) groups excluding carboxylic acids is 1. The van der Waals surface area contributed by atoms with Crippen molar-refractivity contribution in [1.82, 2.24) is 4.90 Å². The minimum Gasteiger partial charge on any atom is -0.464 e. The van der Waals surface area contributed by atoms with Gasteiger partial charge in [-0.2, -0.15) is 0 Å². The molecule has 1 atom stereocenters. The zero-order valence-corrected chi connectivity index (χ0v) is 15.3. The van der Waals surface area contributed by atoms with Gasteiger partial charge in [0.2, 0.25) is 0 Å². The molecule has 138 valence electrons. The number of hydrogen-bond acceptors (Lipinski definition) is 6. The van der Waals surface area contributed by atoms with Gasteiger partial charge in [-0.05, 0) is 37.6 Å². The number of fused-ring (bicyclic) bond motifs is 1. The lowest BCUT2D eigenvalue weighted by molar-refractivity contribution is 0.0817. The van der Waals surface area contributed by atoms with Gasteiger partial charge >= 0.3 is 0 Å². The molecule has 7 heteroatoms. The van der Waals surface area contributed by atoms with E-state index < -0.39 is 10.9 Å². The van der Waals surface area contributed by atoms with Crippen LogP contribution in [0, 0.1) is 6.92 Å². The highest BCUT2D eigenvalue weighted by molar-refractivity contribution is 6.04. The first-order valence-electron chi connectivity index (χ1n) is 8.67. The van der Waals surface area contributed by atoms with Crippen molar-refractivity contribution in [1.29, 1.82) is 0 Å². The van der Waals surface area contributed by atoms with Crippen molar-refractivity contribution in [2.45, 2.75) is 26.4 Å². The van der Waals surface area contributed by atoms with Gasteiger partial charge in [0.25, 0.3) is 16.8 Å². The molecule has 27 heavy (non-hydrogen) atoms. The van der Waals surface area contributed by atoms with Crippen LogP contribution in [0.25, 0.3) is 0 Å². The third kappa shape index (κ3) is 2.71. The monoisotopic (exact) mass is 365 g/mol. The Hall–Kier alpha value is -3.35. The molecular weight excluding hydrogens is 346 g/mol. The first kappa shape index (κ1) is 17.1. The second kappa shape index (κ2) is 6.12. The molecule has 0 bridgehead atoms. The van der Waals surface area contributed by atoms with Crippen LogP contribution in [-0.4, -0.2) is 17.9 Å². The standard InChI is InChI=1S/C20H19N3O4/c1-10-7-8-14(27-10)11(2)21-16-17(19(25)18(16)24)22-13-6-4-5-12-9-23(3)20(26)15(12)13/h4-8,11,21-22H,9H2,1-3H3. The summed E-state index contributed by atoms with van der Waals surface area (Å²) in [5, 5.41) is 6.03. The first-order valence-corrected chi connectivity index (χ1v) is 8.67. The fraction of sp³-hybridized carbons (Fsp3) is 0.250. The lowest BCUT2D eigenvalue weighted by Gasteiger charge is -2.19. The summed E-state index contributed by atoms with van der Waals surface area (Å²) in [6.45, 7) is 4.21. The molecule has 0 saturated carbocycles. The fourth-order valence-electron chi connectivity index (χ4n) is 3.36. The first-order chi connectivity index (χ1) is 12.9. The van der Waals surface area contributed by atoms with E-state index in [9.17, 15) is 14.4 Å². The molecule has 0 radical (unpaired) electrons. The number of carbonyl (C=O) groups is 1. The smallest absolute Gasteiger partial charge is 0.256 e. The molecule has 4 rings (SSSR count). The molecule has 0 spiro atoms. The highest BCUT2D eigenvalue weighted by Crippen LogP contribution is 2.32. The molecular formula is C20H19N3O4. The van der Waals surface area contributed by atoms with E-state index in [0.29, 0.717) is 23.6 Å². The highest BCUT2D eigenvalue weighted by atomic mass is 16.3. The number of nitrogens with one attached hydrogen (secondary N) is 2. The summed E-state index contributed by atoms with van der Waals surface area (Å²) in [5.74, 6) is 1.33. The average Bonchev–Trinajstić information content (AvgIpc) is 3.21. The number of anilines is 3. The third-order valence-corrected chi connectivity index (χ3v) is 4.84. The Kier molecular flexibility index (Phi) is 3.87. The summed E-state index contributed by atoms with van der Waals surface area (Å²) in [4.78, 5) is 38.2. The molecule has 1 aromatic heterocycles. The normalized spacial score (nSPS) is 14.5. The number of nitrogens with zero attached hydrogens (tertiary/aromatic N) is 1. The molecule has 1 amide bonds. The van der Waals surface area contributed by atoms with E-state index in [2.05, 4.69) is 10.6 Å². The number of benzene rings is 1. The Morgan fingerprint density at radius 3 is 2.52 bits per heavy atom. The van der Waals surface area contributed by atoms with Gasteiger partial charge in [-0.1, -0.05) is 12.1 Å². The van der Waals surface area contributed by atoms with E-state index in [1.54, 1.807) is 18.0 Å². The third-order valence-electron chi connectivity index (χ3n) is 4.84. The van der Waals surface area contributed by atoms with Crippen LogP contribution >= 0.6 is 0 Å². The molecule has 0 aliphatic carbocycles. The van der Waals surface area contributed by atoms with Gasteiger partial charge in [0, 0.05) is 13.6 Å². The second-order valence-electron chi connectivity index (χ2n) is 6.85. The van der Waals surface area contributed by atoms with Crippen molar-refractivity contribution >= 4 is 23.0 Å². The summed E-state index contributed by atoms with van der Waals surface area (Å²) in [5.41, 5.74) is 1.15. The van der Waals surface area contributed by atoms with Gasteiger partial charge in [0.05, 0.1) is 17.3 Å². The van der Waals surface area contributed by atoms with Crippen LogP contribution < -0.4 is 21.5 Å². The van der Waals surface area contributed by atoms with Crippen molar-refractivity contribution in [3.8, 4) is 0 Å². The van der Waals surface area contributed by atoms with Crippen LogP contribution in [-0.2, 0) is 6.54 Å². The Bertz CT molecular complexity index is 1120. The van der Waals surface area contributed by atoms with Gasteiger partial charge in [0.1, 0.15) is 22.9 Å². The number of furan rings is 1. The lowest BCUT2D eigenvalue weighted by Crippen LogP contribution is -2.37. The van der Waals surface area contributed by atoms with Crippen LogP contribution in [0.3, 0.4) is 0 Å². The summed E-state index contributed by atoms with van der Waals surface area (Å²) < 4.78 is 5.56. The minimum atomic E-state index is -0.600. The van der Waals surface area contributed by atoms with E-state index in [-0.39, 0.29) is 23.3 Å². The second-order valence-corrected chi connectivity index (χ2v) is 6.85. The Morgan fingerprint density at radius 2 is 1.81 bits per heavy atom. The van der Waals surface area contributed by atoms with Gasteiger partial charge < -0.3 is 20.0 Å². The SMILES string of the molecule is Cc1ccc(C(C)Nc2c(Nc3cccc4c3C(=O)N(C)C4)c(=O)c2=O)o1. The maximum absolute atomic E-state index is 12.4. The van der Waals surface area contributed by atoms with Gasteiger partial charge in [0.15, 0.2) is 0 Å². The van der Waals surface area contributed by atoms with E-state index in [1.807, 2.05) is 38.1 Å². The van der Waals surface area contributed by atoms with Crippen molar-refractivity contribution in [3.63, 3.8) is 0 Å². The molecule has 0 saturated heterocycles. The predicted molar refractivity (Wildman–Crippen MR) is 102 cm³/mol. The number of amides is 1. The molecule has 7 nitrogen and oxygen atoms in total. The molecule has 1 aliphatic rings. The fourth-order valence-corrected chi connectivity index (χ4v) is 3.36. The van der Waals surface area contributed by atoms with Crippen LogP contribution in [0.4, 0.5) is 17.1 Å². The Labute approximate surface area is 155 Å². The zero-order valence-electron chi connectivity index (χ0n) is 15.3. The summed E-state index contributed by atoms with van der Waals surface area (Å²) in [7, 11) is 1.73. The van der Waals surface area contributed by atoms with Crippen LogP contribution in [0.5, 0.6) is 0 Å². The quantitative estimate of drug-likeness (QED) is 0.676. The van der Waals surface area contributed by atoms with Crippen molar-refractivity contribution in [2.75, 3.05) is 17.7 Å². The van der Waals surface area contributed by atoms with Crippen LogP contribution in [0.2, 0.25) is 0 Å². The summed E-state index contributed by atoms with van der Waals surface area (Å²) in [6, 6.07) is 8.81. The number of rotatable bonds is 5. The van der Waals surface area contributed by atoms with E-state index in [1.165, 1.54) is 0 Å². The Morgan fingerprint density at radius 1 is 1.07 bits per heavy atom. The van der Waals surface area contributed by atoms with E-state index in [4.69, 9.17) is 4.42 Å². The van der Waals surface area contributed by atoms with Gasteiger partial charge in [-0.3, -0.25) is 14.4 Å². The zero-order chi connectivity index (χ0) is 19.3. The molecule has 1 aliphatic heterocycles. The maximum Gasteiger partial charge on any atom is 0.256 e. The molecule has 2 N–H and O–H groups in total. The van der Waals surface area contributed by atoms with E-state index in [0.717, 1.165) is 11.3 Å². The molecule has 1 unspecified atom stereocenters. The number of aryl methyl sites for hydroxylation is 1. The molecule has 3 aromatic rings. The molecule has 2 aromatic carbocycles. The van der Waals surface area contributed by atoms with Crippen molar-refractivity contribution in [3.05, 3.63) is 73.4 Å². The minimum absolute atomic E-state index is 0.110. The largest absolute Gasteiger partial charge is 0.464 e. The number of hydrogen-bond donors (Lipinski definition) is 2. The molecule has 2 heterocycles. The molecule has 0 fully saturated rings. The Balaban J connectivity index is 1.63. The van der Waals surface area contributed by atoms with Crippen molar-refractivity contribution < 1.29 is 9.21 Å². The van der Waals surface area contributed by atoms with Crippen LogP contribution in [0.1, 0.15) is 40.4 Å². The average molecular weight is 365 g/mol. The van der Waals surface area contributed by atoms with Crippen LogP contribution in [0.15, 0.2) is 44.3 Å². The maximum atomic E-state index is 12.4. The summed E-state index contributed by atoms with van der Waals surface area (Å²) in [6.07, 6.45) is 0. The van der Waals surface area contributed by atoms with Crippen molar-refractivity contribution in [2.24, 2.45) is 0 Å². The topological polar surface area (TPSA) is 91.6 Å². The van der Waals surface area contributed by atoms with E-state index >= 15 is 0 Å². The highest BCUT2D eigenvalue weighted by Gasteiger charge is 2.29.